The van der Waals surface area contributed by atoms with E-state index in [1.165, 1.54) is 0 Å². The predicted octanol–water partition coefficient (Wildman–Crippen LogP) is 2.24. The number of pyridine rings is 1. The first kappa shape index (κ1) is 22.7. The Morgan fingerprint density at radius 3 is 2.88 bits per heavy atom. The number of anilines is 1. The van der Waals surface area contributed by atoms with Crippen LogP contribution in [-0.4, -0.2) is 77.1 Å². The van der Waals surface area contributed by atoms with E-state index >= 15 is 0 Å². The molecule has 3 aromatic rings. The summed E-state index contributed by atoms with van der Waals surface area (Å²) in [4.78, 5) is 15.3. The molecule has 2 aliphatic heterocycles. The second kappa shape index (κ2) is 10.0. The fraction of sp³-hybridized carbons (Fsp3) is 0.435. The number of nitrogens with zero attached hydrogens (tertiary/aromatic N) is 5. The van der Waals surface area contributed by atoms with E-state index in [4.69, 9.17) is 9.47 Å². The zero-order valence-corrected chi connectivity index (χ0v) is 19.3. The molecule has 0 amide bonds. The van der Waals surface area contributed by atoms with Crippen molar-refractivity contribution in [3.63, 3.8) is 0 Å². The van der Waals surface area contributed by atoms with Crippen molar-refractivity contribution in [2.45, 2.75) is 25.7 Å². The van der Waals surface area contributed by atoms with Crippen molar-refractivity contribution in [3.05, 3.63) is 42.4 Å². The summed E-state index contributed by atoms with van der Waals surface area (Å²) < 4.78 is 25.2. The summed E-state index contributed by atoms with van der Waals surface area (Å²) in [5.41, 5.74) is 8.09. The number of fused-ring (bicyclic) bond motifs is 1. The minimum atomic E-state index is -0.716. The quantitative estimate of drug-likeness (QED) is 0.456. The minimum Gasteiger partial charge on any atom is -0.491 e. The van der Waals surface area contributed by atoms with Gasteiger partial charge in [0.05, 0.1) is 11.7 Å². The highest BCUT2D eigenvalue weighted by atomic mass is 19.1. The SMILES string of the molecule is Cc1cc(OCCN2CC[C@@H](F)C2)cnc1Oc1ccc2ncnc(NC3CNN(C)N3)c2c1. The lowest BCUT2D eigenvalue weighted by atomic mass is 10.2. The number of hydrogen-bond acceptors (Lipinski definition) is 10. The maximum atomic E-state index is 13.3. The molecule has 2 fully saturated rings. The summed E-state index contributed by atoms with van der Waals surface area (Å²) in [7, 11) is 1.91. The largest absolute Gasteiger partial charge is 0.491 e. The molecule has 4 heterocycles. The Morgan fingerprint density at radius 1 is 1.21 bits per heavy atom. The van der Waals surface area contributed by atoms with Crippen LogP contribution in [0.25, 0.3) is 10.9 Å². The van der Waals surface area contributed by atoms with Gasteiger partial charge in [-0.25, -0.2) is 30.2 Å². The molecule has 1 unspecified atom stereocenters. The van der Waals surface area contributed by atoms with Gasteiger partial charge in [-0.2, -0.15) is 5.12 Å². The van der Waals surface area contributed by atoms with E-state index in [9.17, 15) is 4.39 Å². The zero-order valence-electron chi connectivity index (χ0n) is 19.3. The van der Waals surface area contributed by atoms with Gasteiger partial charge in [-0.15, -0.1) is 0 Å². The number of hydrazine groups is 2. The molecule has 2 aromatic heterocycles. The molecule has 0 bridgehead atoms. The van der Waals surface area contributed by atoms with Gasteiger partial charge in [0, 0.05) is 44.2 Å². The smallest absolute Gasteiger partial charge is 0.222 e. The van der Waals surface area contributed by atoms with Crippen LogP contribution in [0.5, 0.6) is 17.4 Å². The van der Waals surface area contributed by atoms with Crippen molar-refractivity contribution >= 4 is 16.7 Å². The third-order valence-electron chi connectivity index (χ3n) is 5.91. The van der Waals surface area contributed by atoms with E-state index in [0.29, 0.717) is 43.5 Å². The van der Waals surface area contributed by atoms with Crippen LogP contribution in [0.4, 0.5) is 10.2 Å². The van der Waals surface area contributed by atoms with Crippen LogP contribution >= 0.6 is 0 Å². The van der Waals surface area contributed by atoms with Gasteiger partial charge in [-0.05, 0) is 37.6 Å². The van der Waals surface area contributed by atoms with Crippen molar-refractivity contribution in [2.24, 2.45) is 0 Å². The van der Waals surface area contributed by atoms with Gasteiger partial charge in [0.2, 0.25) is 5.88 Å². The van der Waals surface area contributed by atoms with Gasteiger partial charge in [0.25, 0.3) is 0 Å². The van der Waals surface area contributed by atoms with Crippen molar-refractivity contribution in [1.29, 1.82) is 0 Å². The van der Waals surface area contributed by atoms with E-state index in [-0.39, 0.29) is 6.17 Å². The van der Waals surface area contributed by atoms with Gasteiger partial charge in [-0.3, -0.25) is 4.90 Å². The Hall–Kier alpha value is -3.12. The molecule has 34 heavy (non-hydrogen) atoms. The first-order valence-corrected chi connectivity index (χ1v) is 11.4. The summed E-state index contributed by atoms with van der Waals surface area (Å²) in [5, 5.41) is 6.05. The van der Waals surface area contributed by atoms with Crippen molar-refractivity contribution in [3.8, 4) is 17.4 Å². The Balaban J connectivity index is 1.24. The number of nitrogens with one attached hydrogen (secondary N) is 3. The molecule has 0 saturated carbocycles. The summed E-state index contributed by atoms with van der Waals surface area (Å²) >= 11 is 0. The van der Waals surface area contributed by atoms with Crippen LogP contribution in [0.1, 0.15) is 12.0 Å². The molecule has 0 spiro atoms. The molecule has 5 rings (SSSR count). The summed E-state index contributed by atoms with van der Waals surface area (Å²) in [5.74, 6) is 2.53. The third-order valence-corrected chi connectivity index (χ3v) is 5.91. The van der Waals surface area contributed by atoms with Gasteiger partial charge >= 0.3 is 0 Å². The molecule has 0 aliphatic carbocycles. The molecular weight excluding hydrogens is 439 g/mol. The number of hydrogen-bond donors (Lipinski definition) is 3. The summed E-state index contributed by atoms with van der Waals surface area (Å²) in [6, 6.07) is 7.57. The molecule has 1 aromatic carbocycles. The maximum Gasteiger partial charge on any atom is 0.222 e. The minimum absolute atomic E-state index is 0.00741. The molecule has 10 nitrogen and oxygen atoms in total. The average Bonchev–Trinajstić information content (AvgIpc) is 3.43. The molecular formula is C23H29FN8O2. The molecule has 2 saturated heterocycles. The standard InChI is InChI=1S/C23H29FN8O2/c1-15-9-18(33-8-7-32-6-5-16(24)13-32)11-25-23(15)34-17-3-4-20-19(10-17)22(27-14-26-20)29-21-12-28-31(2)30-21/h3-4,9-11,14,16,21,28,30H,5-8,12-13H2,1-2H3,(H,26,27,29)/t16-,21?/m1/s1. The van der Waals surface area contributed by atoms with Crippen LogP contribution in [0, 0.1) is 6.92 Å². The van der Waals surface area contributed by atoms with Gasteiger partial charge in [-0.1, -0.05) is 0 Å². The third kappa shape index (κ3) is 5.33. The van der Waals surface area contributed by atoms with E-state index in [1.807, 2.05) is 43.4 Å². The van der Waals surface area contributed by atoms with Gasteiger partial charge < -0.3 is 14.8 Å². The van der Waals surface area contributed by atoms with Crippen LogP contribution in [0.15, 0.2) is 36.8 Å². The molecule has 180 valence electrons. The number of ether oxygens (including phenoxy) is 2. The van der Waals surface area contributed by atoms with Crippen LogP contribution < -0.4 is 25.6 Å². The Bertz CT molecular complexity index is 1150. The Morgan fingerprint density at radius 2 is 2.12 bits per heavy atom. The van der Waals surface area contributed by atoms with Crippen LogP contribution in [-0.2, 0) is 0 Å². The van der Waals surface area contributed by atoms with Crippen LogP contribution in [0.3, 0.4) is 0 Å². The maximum absolute atomic E-state index is 13.3. The average molecular weight is 469 g/mol. The monoisotopic (exact) mass is 468 g/mol. The first-order valence-electron chi connectivity index (χ1n) is 11.4. The lowest BCUT2D eigenvalue weighted by Crippen LogP contribution is -2.39. The summed E-state index contributed by atoms with van der Waals surface area (Å²) in [6.07, 6.45) is 3.09. The molecule has 2 aliphatic rings. The number of alkyl halides is 1. The first-order chi connectivity index (χ1) is 16.5. The highest BCUT2D eigenvalue weighted by Gasteiger charge is 2.21. The van der Waals surface area contributed by atoms with Crippen LogP contribution in [0.2, 0.25) is 0 Å². The predicted molar refractivity (Wildman–Crippen MR) is 126 cm³/mol. The number of aromatic nitrogens is 3. The topological polar surface area (TPSA) is 99.7 Å². The van der Waals surface area contributed by atoms with Crippen molar-refractivity contribution in [2.75, 3.05) is 45.2 Å². The number of rotatable bonds is 8. The molecule has 0 radical (unpaired) electrons. The fourth-order valence-corrected chi connectivity index (χ4v) is 4.13. The number of aryl methyl sites for hydroxylation is 1. The lowest BCUT2D eigenvalue weighted by molar-refractivity contribution is 0.224. The van der Waals surface area contributed by atoms with Crippen molar-refractivity contribution < 1.29 is 13.9 Å². The van der Waals surface area contributed by atoms with E-state index in [1.54, 1.807) is 12.5 Å². The molecule has 11 heteroatoms. The number of likely N-dealkylation sites (tertiary alicyclic amines) is 1. The lowest BCUT2D eigenvalue weighted by Gasteiger charge is -2.16. The highest BCUT2D eigenvalue weighted by molar-refractivity contribution is 5.90. The zero-order chi connectivity index (χ0) is 23.5. The van der Waals surface area contributed by atoms with Gasteiger partial charge in [0.15, 0.2) is 0 Å². The summed E-state index contributed by atoms with van der Waals surface area (Å²) in [6.45, 7) is 5.13. The van der Waals surface area contributed by atoms with E-state index < -0.39 is 6.17 Å². The van der Waals surface area contributed by atoms with E-state index in [0.717, 1.165) is 35.4 Å². The molecule has 2 atom stereocenters. The van der Waals surface area contributed by atoms with E-state index in [2.05, 4.69) is 36.0 Å². The second-order valence-electron chi connectivity index (χ2n) is 8.58. The fourth-order valence-electron chi connectivity index (χ4n) is 4.13. The normalized spacial score (nSPS) is 21.3. The number of benzene rings is 1. The van der Waals surface area contributed by atoms with Crippen molar-refractivity contribution in [1.82, 2.24) is 35.8 Å². The number of halogens is 1. The Labute approximate surface area is 197 Å². The highest BCUT2D eigenvalue weighted by Crippen LogP contribution is 2.30. The molecule has 3 N–H and O–H groups in total. The van der Waals surface area contributed by atoms with Gasteiger partial charge in [0.1, 0.15) is 42.6 Å². The second-order valence-corrected chi connectivity index (χ2v) is 8.58. The Kier molecular flexibility index (Phi) is 6.68.